The van der Waals surface area contributed by atoms with Gasteiger partial charge < -0.3 is 10.6 Å². The van der Waals surface area contributed by atoms with Gasteiger partial charge >= 0.3 is 0 Å². The van der Waals surface area contributed by atoms with Gasteiger partial charge in [-0.15, -0.1) is 0 Å². The predicted octanol–water partition coefficient (Wildman–Crippen LogP) is 4.34. The molecule has 2 aromatic carbocycles. The minimum atomic E-state index is 0.520. The summed E-state index contributed by atoms with van der Waals surface area (Å²) in [5, 5.41) is 7.17. The summed E-state index contributed by atoms with van der Waals surface area (Å²) < 4.78 is 0. The first-order valence-corrected chi connectivity index (χ1v) is 7.74. The molecule has 0 aliphatic carbocycles. The maximum Gasteiger partial charge on any atom is 0.170 e. The predicted molar refractivity (Wildman–Crippen MR) is 94.9 cm³/mol. The standard InChI is InChI=1S/C18H22N2S/c1-14(2)16-9-6-10-17(13-16)20-18(21)19-12-11-15-7-4-3-5-8-15/h3-10,13-14H,11-12H2,1-2H3,(H2,19,20,21). The molecule has 2 N–H and O–H groups in total. The number of hydrogen-bond donors (Lipinski definition) is 2. The normalized spacial score (nSPS) is 10.4. The Labute approximate surface area is 132 Å². The fourth-order valence-electron chi connectivity index (χ4n) is 2.12. The topological polar surface area (TPSA) is 24.1 Å². The number of anilines is 1. The summed E-state index contributed by atoms with van der Waals surface area (Å²) in [6.45, 7) is 5.21. The first-order valence-electron chi connectivity index (χ1n) is 7.34. The Morgan fingerprint density at radius 3 is 2.52 bits per heavy atom. The van der Waals surface area contributed by atoms with Gasteiger partial charge in [0.15, 0.2) is 5.11 Å². The second-order valence-corrected chi connectivity index (χ2v) is 5.80. The van der Waals surface area contributed by atoms with Gasteiger partial charge in [0.2, 0.25) is 0 Å². The highest BCUT2D eigenvalue weighted by Gasteiger charge is 2.02. The van der Waals surface area contributed by atoms with Crippen molar-refractivity contribution in [3.63, 3.8) is 0 Å². The number of hydrogen-bond acceptors (Lipinski definition) is 1. The summed E-state index contributed by atoms with van der Waals surface area (Å²) in [5.41, 5.74) is 3.67. The van der Waals surface area contributed by atoms with Gasteiger partial charge in [0.1, 0.15) is 0 Å². The molecule has 0 heterocycles. The molecule has 3 heteroatoms. The Morgan fingerprint density at radius 1 is 1.05 bits per heavy atom. The van der Waals surface area contributed by atoms with Crippen LogP contribution in [0.1, 0.15) is 30.9 Å². The zero-order chi connectivity index (χ0) is 15.1. The average Bonchev–Trinajstić information content (AvgIpc) is 2.48. The molecule has 0 aliphatic heterocycles. The fraction of sp³-hybridized carbons (Fsp3) is 0.278. The van der Waals surface area contributed by atoms with Crippen molar-refractivity contribution in [3.8, 4) is 0 Å². The monoisotopic (exact) mass is 298 g/mol. The van der Waals surface area contributed by atoms with Crippen LogP contribution < -0.4 is 10.6 Å². The lowest BCUT2D eigenvalue weighted by molar-refractivity contribution is 0.865. The van der Waals surface area contributed by atoms with Crippen LogP contribution in [0.3, 0.4) is 0 Å². The van der Waals surface area contributed by atoms with Crippen molar-refractivity contribution in [2.75, 3.05) is 11.9 Å². The second kappa shape index (κ2) is 7.79. The van der Waals surface area contributed by atoms with Gasteiger partial charge in [0.25, 0.3) is 0 Å². The van der Waals surface area contributed by atoms with Gasteiger partial charge in [0, 0.05) is 12.2 Å². The van der Waals surface area contributed by atoms with Crippen molar-refractivity contribution >= 4 is 23.0 Å². The summed E-state index contributed by atoms with van der Waals surface area (Å²) in [4.78, 5) is 0. The third kappa shape index (κ3) is 5.20. The van der Waals surface area contributed by atoms with E-state index in [-0.39, 0.29) is 0 Å². The SMILES string of the molecule is CC(C)c1cccc(NC(=S)NCCc2ccccc2)c1. The van der Waals surface area contributed by atoms with Gasteiger partial charge in [-0.05, 0) is 47.8 Å². The smallest absolute Gasteiger partial charge is 0.170 e. The summed E-state index contributed by atoms with van der Waals surface area (Å²) >= 11 is 5.34. The lowest BCUT2D eigenvalue weighted by Crippen LogP contribution is -2.30. The van der Waals surface area contributed by atoms with Crippen LogP contribution in [-0.4, -0.2) is 11.7 Å². The van der Waals surface area contributed by atoms with Crippen LogP contribution in [0.4, 0.5) is 5.69 Å². The van der Waals surface area contributed by atoms with Crippen molar-refractivity contribution in [1.82, 2.24) is 5.32 Å². The Morgan fingerprint density at radius 2 is 1.81 bits per heavy atom. The highest BCUT2D eigenvalue weighted by Crippen LogP contribution is 2.18. The van der Waals surface area contributed by atoms with Crippen molar-refractivity contribution in [3.05, 3.63) is 65.7 Å². The molecule has 110 valence electrons. The maximum atomic E-state index is 5.34. The van der Waals surface area contributed by atoms with E-state index in [0.29, 0.717) is 11.0 Å². The molecule has 2 nitrogen and oxygen atoms in total. The molecule has 0 fully saturated rings. The molecule has 0 spiro atoms. The van der Waals surface area contributed by atoms with Crippen molar-refractivity contribution in [2.24, 2.45) is 0 Å². The number of nitrogens with one attached hydrogen (secondary N) is 2. The van der Waals surface area contributed by atoms with Gasteiger partial charge in [0.05, 0.1) is 0 Å². The summed E-state index contributed by atoms with van der Waals surface area (Å²) in [7, 11) is 0. The van der Waals surface area contributed by atoms with E-state index in [9.17, 15) is 0 Å². The molecule has 0 aromatic heterocycles. The maximum absolute atomic E-state index is 5.34. The lowest BCUT2D eigenvalue weighted by atomic mass is 10.0. The molecule has 2 aromatic rings. The first-order chi connectivity index (χ1) is 10.1. The Hall–Kier alpha value is -1.87. The Kier molecular flexibility index (Phi) is 5.76. The van der Waals surface area contributed by atoms with Crippen LogP contribution in [0.15, 0.2) is 54.6 Å². The summed E-state index contributed by atoms with van der Waals surface area (Å²) in [6.07, 6.45) is 0.967. The molecule has 0 aliphatic rings. The van der Waals surface area contributed by atoms with Gasteiger partial charge in [-0.2, -0.15) is 0 Å². The molecule has 21 heavy (non-hydrogen) atoms. The molecule has 0 saturated carbocycles. The van der Waals surface area contributed by atoms with E-state index >= 15 is 0 Å². The molecule has 0 amide bonds. The second-order valence-electron chi connectivity index (χ2n) is 5.40. The third-order valence-corrected chi connectivity index (χ3v) is 3.60. The van der Waals surface area contributed by atoms with E-state index in [2.05, 4.69) is 66.9 Å². The summed E-state index contributed by atoms with van der Waals surface area (Å²) in [6, 6.07) is 18.8. The van der Waals surface area contributed by atoms with Gasteiger partial charge in [-0.1, -0.05) is 56.3 Å². The molecule has 2 rings (SSSR count). The fourth-order valence-corrected chi connectivity index (χ4v) is 2.34. The molecule has 0 saturated heterocycles. The molecule has 0 bridgehead atoms. The minimum absolute atomic E-state index is 0.520. The number of thiocarbonyl (C=S) groups is 1. The zero-order valence-corrected chi connectivity index (χ0v) is 13.4. The van der Waals surface area contributed by atoms with Crippen LogP contribution in [0, 0.1) is 0 Å². The van der Waals surface area contributed by atoms with E-state index in [1.807, 2.05) is 12.1 Å². The van der Waals surface area contributed by atoms with E-state index < -0.39 is 0 Å². The van der Waals surface area contributed by atoms with Crippen LogP contribution in [0.5, 0.6) is 0 Å². The van der Waals surface area contributed by atoms with Gasteiger partial charge in [-0.3, -0.25) is 0 Å². The quantitative estimate of drug-likeness (QED) is 0.803. The van der Waals surface area contributed by atoms with Crippen LogP contribution in [0.25, 0.3) is 0 Å². The highest BCUT2D eigenvalue weighted by atomic mass is 32.1. The van der Waals surface area contributed by atoms with E-state index in [4.69, 9.17) is 12.2 Å². The molecule has 0 radical (unpaired) electrons. The van der Waals surface area contributed by atoms with Crippen molar-refractivity contribution in [2.45, 2.75) is 26.2 Å². The Balaban J connectivity index is 1.80. The van der Waals surface area contributed by atoms with E-state index in [1.54, 1.807) is 0 Å². The van der Waals surface area contributed by atoms with Crippen LogP contribution in [0.2, 0.25) is 0 Å². The summed E-state index contributed by atoms with van der Waals surface area (Å²) in [5.74, 6) is 0.520. The van der Waals surface area contributed by atoms with E-state index in [1.165, 1.54) is 11.1 Å². The first kappa shape index (κ1) is 15.5. The Bertz CT molecular complexity index is 579. The molecular weight excluding hydrogens is 276 g/mol. The molecule has 0 atom stereocenters. The molecular formula is C18H22N2S. The van der Waals surface area contributed by atoms with Gasteiger partial charge in [-0.25, -0.2) is 0 Å². The van der Waals surface area contributed by atoms with Crippen LogP contribution in [-0.2, 0) is 6.42 Å². The average molecular weight is 298 g/mol. The minimum Gasteiger partial charge on any atom is -0.362 e. The van der Waals surface area contributed by atoms with Crippen LogP contribution >= 0.6 is 12.2 Å². The largest absolute Gasteiger partial charge is 0.362 e. The third-order valence-electron chi connectivity index (χ3n) is 3.35. The van der Waals surface area contributed by atoms with Crippen molar-refractivity contribution < 1.29 is 0 Å². The number of rotatable bonds is 5. The molecule has 0 unspecified atom stereocenters. The van der Waals surface area contributed by atoms with Crippen molar-refractivity contribution in [1.29, 1.82) is 0 Å². The lowest BCUT2D eigenvalue weighted by Gasteiger charge is -2.12. The highest BCUT2D eigenvalue weighted by molar-refractivity contribution is 7.80. The number of benzene rings is 2. The van der Waals surface area contributed by atoms with E-state index in [0.717, 1.165) is 18.7 Å². The zero-order valence-electron chi connectivity index (χ0n) is 12.6.